The largest absolute Gasteiger partial charge is 0.380 e. The van der Waals surface area contributed by atoms with Gasteiger partial charge in [0.15, 0.2) is 0 Å². The lowest BCUT2D eigenvalue weighted by molar-refractivity contribution is -0.0725. The average molecular weight is 219 g/mol. The Bertz CT molecular complexity index is 189. The lowest BCUT2D eigenvalue weighted by Gasteiger charge is -2.31. The molecule has 0 spiro atoms. The summed E-state index contributed by atoms with van der Waals surface area (Å²) in [6.45, 7) is 4.35. The molecule has 1 heterocycles. The van der Waals surface area contributed by atoms with E-state index in [1.54, 1.807) is 7.11 Å². The molecule has 4 heteroatoms. The van der Waals surface area contributed by atoms with Gasteiger partial charge in [-0.05, 0) is 27.3 Å². The first-order valence-corrected chi connectivity index (χ1v) is 5.54. The van der Waals surface area contributed by atoms with Crippen LogP contribution in [-0.2, 0) is 9.47 Å². The number of methoxy groups -OCH3 is 1. The lowest BCUT2D eigenvalue weighted by Crippen LogP contribution is -2.46. The molecule has 1 rings (SSSR count). The molecular formula is C11H22FNO2. The van der Waals surface area contributed by atoms with Crippen molar-refractivity contribution >= 4 is 0 Å². The second-order valence-electron chi connectivity index (χ2n) is 4.41. The van der Waals surface area contributed by atoms with Crippen LogP contribution in [0, 0.1) is 0 Å². The van der Waals surface area contributed by atoms with Gasteiger partial charge in [-0.3, -0.25) is 4.90 Å². The molecule has 15 heavy (non-hydrogen) atoms. The number of hydrogen-bond acceptors (Lipinski definition) is 3. The lowest BCUT2D eigenvalue weighted by atomic mass is 10.1. The van der Waals surface area contributed by atoms with E-state index in [9.17, 15) is 4.39 Å². The molecule has 0 radical (unpaired) electrons. The van der Waals surface area contributed by atoms with Crippen molar-refractivity contribution in [1.82, 2.24) is 4.90 Å². The average Bonchev–Trinajstić information content (AvgIpc) is 2.56. The van der Waals surface area contributed by atoms with Crippen LogP contribution in [0.1, 0.15) is 20.3 Å². The van der Waals surface area contributed by atoms with Gasteiger partial charge in [-0.15, -0.1) is 0 Å². The molecular weight excluding hydrogens is 197 g/mol. The van der Waals surface area contributed by atoms with Crippen LogP contribution in [-0.4, -0.2) is 56.6 Å². The number of rotatable bonds is 5. The number of halogens is 1. The van der Waals surface area contributed by atoms with Crippen LogP contribution < -0.4 is 0 Å². The summed E-state index contributed by atoms with van der Waals surface area (Å²) < 4.78 is 23.9. The van der Waals surface area contributed by atoms with E-state index in [0.717, 1.165) is 13.0 Å². The van der Waals surface area contributed by atoms with Gasteiger partial charge < -0.3 is 9.47 Å². The van der Waals surface area contributed by atoms with Crippen LogP contribution in [0.5, 0.6) is 0 Å². The van der Waals surface area contributed by atoms with E-state index < -0.39 is 6.67 Å². The van der Waals surface area contributed by atoms with Crippen LogP contribution in [0.3, 0.4) is 0 Å². The van der Waals surface area contributed by atoms with Crippen molar-refractivity contribution < 1.29 is 13.9 Å². The maximum absolute atomic E-state index is 12.9. The van der Waals surface area contributed by atoms with E-state index in [2.05, 4.69) is 4.90 Å². The highest BCUT2D eigenvalue weighted by Gasteiger charge is 2.38. The van der Waals surface area contributed by atoms with E-state index >= 15 is 0 Å². The quantitative estimate of drug-likeness (QED) is 0.699. The van der Waals surface area contributed by atoms with Gasteiger partial charge in [0.2, 0.25) is 0 Å². The number of alkyl halides is 1. The van der Waals surface area contributed by atoms with Gasteiger partial charge in [0, 0.05) is 13.7 Å². The Labute approximate surface area is 91.5 Å². The van der Waals surface area contributed by atoms with Crippen molar-refractivity contribution in [3.63, 3.8) is 0 Å². The summed E-state index contributed by atoms with van der Waals surface area (Å²) >= 11 is 0. The number of ether oxygens (including phenoxy) is 2. The summed E-state index contributed by atoms with van der Waals surface area (Å²) in [6, 6.07) is 0.0439. The number of nitrogens with zero attached hydrogens (tertiary/aromatic N) is 1. The zero-order chi connectivity index (χ0) is 11.4. The maximum atomic E-state index is 12.9. The molecule has 0 aromatic heterocycles. The van der Waals surface area contributed by atoms with Crippen LogP contribution in [0.25, 0.3) is 0 Å². The van der Waals surface area contributed by atoms with E-state index in [0.29, 0.717) is 0 Å². The van der Waals surface area contributed by atoms with Crippen molar-refractivity contribution in [1.29, 1.82) is 0 Å². The molecule has 0 aromatic carbocycles. The van der Waals surface area contributed by atoms with Crippen molar-refractivity contribution in [2.24, 2.45) is 0 Å². The fraction of sp³-hybridized carbons (Fsp3) is 1.00. The van der Waals surface area contributed by atoms with Crippen molar-refractivity contribution in [3.05, 3.63) is 0 Å². The minimum atomic E-state index is -0.451. The standard InChI is InChI=1S/C11H22FNO2/c1-8(2)15-10(7-12)11-9(14-4)5-6-13(11)3/h8-11H,5-7H2,1-4H3/t9-,10+,11-/m0/s1. The summed E-state index contributed by atoms with van der Waals surface area (Å²) in [5, 5.41) is 0. The molecule has 0 bridgehead atoms. The van der Waals surface area contributed by atoms with Crippen molar-refractivity contribution in [3.8, 4) is 0 Å². The highest BCUT2D eigenvalue weighted by atomic mass is 19.1. The van der Waals surface area contributed by atoms with Gasteiger partial charge in [0.1, 0.15) is 12.8 Å². The predicted octanol–water partition coefficient (Wildman–Crippen LogP) is 1.47. The Morgan fingerprint density at radius 3 is 2.60 bits per heavy atom. The molecule has 0 saturated carbocycles. The summed E-state index contributed by atoms with van der Waals surface area (Å²) in [7, 11) is 3.68. The third kappa shape index (κ3) is 3.13. The van der Waals surface area contributed by atoms with E-state index in [1.165, 1.54) is 0 Å². The summed E-state index contributed by atoms with van der Waals surface area (Å²) in [5.41, 5.74) is 0. The molecule has 3 nitrogen and oxygen atoms in total. The fourth-order valence-corrected chi connectivity index (χ4v) is 2.27. The number of likely N-dealkylation sites (tertiary alicyclic amines) is 1. The molecule has 1 aliphatic rings. The van der Waals surface area contributed by atoms with Gasteiger partial charge in [-0.25, -0.2) is 4.39 Å². The number of hydrogen-bond donors (Lipinski definition) is 0. The van der Waals surface area contributed by atoms with E-state index in [-0.39, 0.29) is 24.4 Å². The molecule has 1 saturated heterocycles. The Balaban J connectivity index is 2.63. The van der Waals surface area contributed by atoms with Crippen molar-refractivity contribution in [2.45, 2.75) is 44.6 Å². The van der Waals surface area contributed by atoms with Crippen LogP contribution in [0.4, 0.5) is 4.39 Å². The SMILES string of the molecule is CO[C@H]1CCN(C)[C@@H]1[C@@H](CF)OC(C)C. The molecule has 1 fully saturated rings. The summed E-state index contributed by atoms with van der Waals surface area (Å²) in [4.78, 5) is 2.13. The molecule has 0 aliphatic carbocycles. The van der Waals surface area contributed by atoms with Gasteiger partial charge in [0.25, 0.3) is 0 Å². The Hall–Kier alpha value is -0.190. The minimum absolute atomic E-state index is 0.0439. The first kappa shape index (κ1) is 12.9. The summed E-state index contributed by atoms with van der Waals surface area (Å²) in [5.74, 6) is 0. The van der Waals surface area contributed by atoms with Gasteiger partial charge in [-0.2, -0.15) is 0 Å². The third-order valence-corrected chi connectivity index (χ3v) is 2.94. The molecule has 0 N–H and O–H groups in total. The molecule has 0 aromatic rings. The monoisotopic (exact) mass is 219 g/mol. The second kappa shape index (κ2) is 5.77. The van der Waals surface area contributed by atoms with Crippen LogP contribution in [0.15, 0.2) is 0 Å². The van der Waals surface area contributed by atoms with Gasteiger partial charge in [0.05, 0.1) is 18.2 Å². The number of likely N-dealkylation sites (N-methyl/N-ethyl adjacent to an activating group) is 1. The molecule has 90 valence electrons. The maximum Gasteiger partial charge on any atom is 0.117 e. The molecule has 0 unspecified atom stereocenters. The molecule has 1 aliphatic heterocycles. The van der Waals surface area contributed by atoms with Gasteiger partial charge >= 0.3 is 0 Å². The van der Waals surface area contributed by atoms with Crippen LogP contribution in [0.2, 0.25) is 0 Å². The molecule has 0 amide bonds. The first-order valence-electron chi connectivity index (χ1n) is 5.54. The molecule has 3 atom stereocenters. The Morgan fingerprint density at radius 1 is 1.47 bits per heavy atom. The Morgan fingerprint density at radius 2 is 2.13 bits per heavy atom. The fourth-order valence-electron chi connectivity index (χ4n) is 2.27. The van der Waals surface area contributed by atoms with E-state index in [1.807, 2.05) is 20.9 Å². The topological polar surface area (TPSA) is 21.7 Å². The zero-order valence-corrected chi connectivity index (χ0v) is 10.1. The highest BCUT2D eigenvalue weighted by Crippen LogP contribution is 2.24. The van der Waals surface area contributed by atoms with E-state index in [4.69, 9.17) is 9.47 Å². The Kier molecular flexibility index (Phi) is 4.96. The van der Waals surface area contributed by atoms with Gasteiger partial charge in [-0.1, -0.05) is 0 Å². The van der Waals surface area contributed by atoms with Crippen molar-refractivity contribution in [2.75, 3.05) is 27.4 Å². The third-order valence-electron chi connectivity index (χ3n) is 2.94. The normalized spacial score (nSPS) is 30.0. The minimum Gasteiger partial charge on any atom is -0.380 e. The summed E-state index contributed by atoms with van der Waals surface area (Å²) in [6.07, 6.45) is 0.726. The van der Waals surface area contributed by atoms with Crippen LogP contribution >= 0.6 is 0 Å². The first-order chi connectivity index (χ1) is 7.10. The smallest absolute Gasteiger partial charge is 0.117 e. The zero-order valence-electron chi connectivity index (χ0n) is 10.1. The highest BCUT2D eigenvalue weighted by molar-refractivity contribution is 4.92. The predicted molar refractivity (Wildman–Crippen MR) is 57.8 cm³/mol. The second-order valence-corrected chi connectivity index (χ2v) is 4.41.